The average Bonchev–Trinajstić information content (AvgIpc) is 2.91. The van der Waals surface area contributed by atoms with E-state index < -0.39 is 0 Å². The van der Waals surface area contributed by atoms with Crippen LogP contribution in [0.4, 0.5) is 10.2 Å². The molecule has 0 amide bonds. The number of anilines is 1. The fourth-order valence-electron chi connectivity index (χ4n) is 2.26. The predicted octanol–water partition coefficient (Wildman–Crippen LogP) is 2.62. The van der Waals surface area contributed by atoms with E-state index in [1.807, 2.05) is 19.1 Å². The molecule has 0 saturated heterocycles. The molecule has 5 nitrogen and oxygen atoms in total. The second-order valence-electron chi connectivity index (χ2n) is 4.91. The second-order valence-corrected chi connectivity index (χ2v) is 4.91. The summed E-state index contributed by atoms with van der Waals surface area (Å²) in [5.74, 6) is 1.27. The zero-order valence-corrected chi connectivity index (χ0v) is 11.8. The molecule has 0 atom stereocenters. The van der Waals surface area contributed by atoms with Crippen LogP contribution in [0.5, 0.6) is 0 Å². The maximum atomic E-state index is 13.1. The van der Waals surface area contributed by atoms with E-state index in [2.05, 4.69) is 20.4 Å². The highest BCUT2D eigenvalue weighted by Gasteiger charge is 2.04. The summed E-state index contributed by atoms with van der Waals surface area (Å²) >= 11 is 0. The lowest BCUT2D eigenvalue weighted by Crippen LogP contribution is -2.09. The average molecular weight is 285 g/mol. The molecule has 1 aromatic carbocycles. The summed E-state index contributed by atoms with van der Waals surface area (Å²) in [6.45, 7) is 2.70. The van der Waals surface area contributed by atoms with Gasteiger partial charge in [0.05, 0.1) is 0 Å². The highest BCUT2D eigenvalue weighted by molar-refractivity contribution is 5.44. The first-order valence-corrected chi connectivity index (χ1v) is 6.88. The molecular formula is C15H16FN5. The molecule has 2 heterocycles. The van der Waals surface area contributed by atoms with E-state index >= 15 is 0 Å². The van der Waals surface area contributed by atoms with E-state index in [1.165, 1.54) is 12.4 Å². The van der Waals surface area contributed by atoms with Gasteiger partial charge in [0.25, 0.3) is 5.78 Å². The lowest BCUT2D eigenvalue weighted by molar-refractivity contribution is 0.624. The fourth-order valence-corrected chi connectivity index (χ4v) is 2.26. The number of nitrogens with one attached hydrogen (secondary N) is 1. The largest absolute Gasteiger partial charge is 0.370 e. The molecule has 0 aliphatic carbocycles. The smallest absolute Gasteiger partial charge is 0.254 e. The van der Waals surface area contributed by atoms with Crippen LogP contribution in [-0.4, -0.2) is 26.1 Å². The first-order chi connectivity index (χ1) is 10.2. The molecule has 2 aromatic heterocycles. The zero-order valence-electron chi connectivity index (χ0n) is 11.8. The lowest BCUT2D eigenvalue weighted by atomic mass is 10.1. The van der Waals surface area contributed by atoms with Crippen molar-refractivity contribution in [2.45, 2.75) is 19.8 Å². The third-order valence-corrected chi connectivity index (χ3v) is 3.22. The summed E-state index contributed by atoms with van der Waals surface area (Å²) < 4.78 is 14.8. The van der Waals surface area contributed by atoms with E-state index in [0.717, 1.165) is 36.5 Å². The normalized spacial score (nSPS) is 11.0. The molecule has 0 radical (unpaired) electrons. The highest BCUT2D eigenvalue weighted by atomic mass is 19.1. The minimum Gasteiger partial charge on any atom is -0.370 e. The van der Waals surface area contributed by atoms with Crippen molar-refractivity contribution < 1.29 is 4.39 Å². The van der Waals surface area contributed by atoms with E-state index in [4.69, 9.17) is 0 Å². The van der Waals surface area contributed by atoms with Gasteiger partial charge < -0.3 is 5.32 Å². The van der Waals surface area contributed by atoms with Gasteiger partial charge in [-0.25, -0.2) is 9.37 Å². The number of halogens is 1. The van der Waals surface area contributed by atoms with Crippen LogP contribution in [0.15, 0.2) is 36.7 Å². The Morgan fingerprint density at radius 1 is 1.29 bits per heavy atom. The molecule has 0 spiro atoms. The van der Waals surface area contributed by atoms with Crippen molar-refractivity contribution in [2.75, 3.05) is 11.9 Å². The van der Waals surface area contributed by atoms with Crippen LogP contribution in [-0.2, 0) is 6.42 Å². The molecule has 0 saturated carbocycles. The standard InChI is InChI=1S/C15H16FN5/c1-11-8-14(21-15(20-11)18-10-19-21)17-7-3-5-12-4-2-6-13(16)9-12/h2,4,6,8-10,17H,3,5,7H2,1H3. The van der Waals surface area contributed by atoms with Crippen molar-refractivity contribution in [3.8, 4) is 0 Å². The van der Waals surface area contributed by atoms with Gasteiger partial charge in [-0.1, -0.05) is 12.1 Å². The van der Waals surface area contributed by atoms with Gasteiger partial charge >= 0.3 is 0 Å². The van der Waals surface area contributed by atoms with Crippen LogP contribution in [0, 0.1) is 12.7 Å². The first-order valence-electron chi connectivity index (χ1n) is 6.88. The number of aromatic nitrogens is 4. The van der Waals surface area contributed by atoms with Crippen molar-refractivity contribution in [1.29, 1.82) is 0 Å². The Balaban J connectivity index is 1.61. The highest BCUT2D eigenvalue weighted by Crippen LogP contribution is 2.11. The number of nitrogens with zero attached hydrogens (tertiary/aromatic N) is 4. The maximum Gasteiger partial charge on any atom is 0.254 e. The summed E-state index contributed by atoms with van der Waals surface area (Å²) in [6.07, 6.45) is 3.22. The molecule has 1 N–H and O–H groups in total. The Morgan fingerprint density at radius 2 is 2.19 bits per heavy atom. The fraction of sp³-hybridized carbons (Fsp3) is 0.267. The van der Waals surface area contributed by atoms with Crippen LogP contribution >= 0.6 is 0 Å². The molecular weight excluding hydrogens is 269 g/mol. The topological polar surface area (TPSA) is 55.1 Å². The maximum absolute atomic E-state index is 13.1. The quantitative estimate of drug-likeness (QED) is 0.732. The number of benzene rings is 1. The number of aryl methyl sites for hydroxylation is 2. The monoisotopic (exact) mass is 285 g/mol. The van der Waals surface area contributed by atoms with Crippen molar-refractivity contribution >= 4 is 11.6 Å². The number of fused-ring (bicyclic) bond motifs is 1. The molecule has 21 heavy (non-hydrogen) atoms. The molecule has 3 aromatic rings. The number of hydrogen-bond acceptors (Lipinski definition) is 4. The third-order valence-electron chi connectivity index (χ3n) is 3.22. The van der Waals surface area contributed by atoms with Gasteiger partial charge in [0, 0.05) is 18.3 Å². The van der Waals surface area contributed by atoms with Crippen molar-refractivity contribution in [3.05, 3.63) is 53.7 Å². The first kappa shape index (κ1) is 13.5. The minimum atomic E-state index is -0.186. The van der Waals surface area contributed by atoms with E-state index in [9.17, 15) is 4.39 Å². The Morgan fingerprint density at radius 3 is 3.05 bits per heavy atom. The summed E-state index contributed by atoms with van der Waals surface area (Å²) in [5.41, 5.74) is 1.90. The molecule has 0 aliphatic rings. The van der Waals surface area contributed by atoms with E-state index in [1.54, 1.807) is 16.6 Å². The van der Waals surface area contributed by atoms with Crippen LogP contribution in [0.3, 0.4) is 0 Å². The van der Waals surface area contributed by atoms with Crippen molar-refractivity contribution in [1.82, 2.24) is 19.6 Å². The SMILES string of the molecule is Cc1cc(NCCCc2cccc(F)c2)n2ncnc2n1. The summed E-state index contributed by atoms with van der Waals surface area (Å²) in [5, 5.41) is 7.47. The second kappa shape index (κ2) is 5.87. The van der Waals surface area contributed by atoms with Crippen molar-refractivity contribution in [3.63, 3.8) is 0 Å². The van der Waals surface area contributed by atoms with Gasteiger partial charge in [0.1, 0.15) is 18.0 Å². The lowest BCUT2D eigenvalue weighted by Gasteiger charge is -2.08. The number of hydrogen-bond donors (Lipinski definition) is 1. The van der Waals surface area contributed by atoms with Gasteiger partial charge in [-0.2, -0.15) is 14.6 Å². The van der Waals surface area contributed by atoms with Gasteiger partial charge in [0.15, 0.2) is 0 Å². The van der Waals surface area contributed by atoms with Gasteiger partial charge in [-0.15, -0.1) is 0 Å². The molecule has 0 unspecified atom stereocenters. The zero-order chi connectivity index (χ0) is 14.7. The summed E-state index contributed by atoms with van der Waals surface area (Å²) in [7, 11) is 0. The molecule has 0 aliphatic heterocycles. The van der Waals surface area contributed by atoms with E-state index in [-0.39, 0.29) is 5.82 Å². The molecule has 3 rings (SSSR count). The van der Waals surface area contributed by atoms with Crippen LogP contribution in [0.1, 0.15) is 17.7 Å². The summed E-state index contributed by atoms with van der Waals surface area (Å²) in [4.78, 5) is 8.37. The van der Waals surface area contributed by atoms with Crippen LogP contribution in [0.25, 0.3) is 5.78 Å². The molecule has 108 valence electrons. The van der Waals surface area contributed by atoms with Gasteiger partial charge in [-0.05, 0) is 37.5 Å². The molecule has 0 fully saturated rings. The van der Waals surface area contributed by atoms with E-state index in [0.29, 0.717) is 5.78 Å². The van der Waals surface area contributed by atoms with Crippen LogP contribution < -0.4 is 5.32 Å². The van der Waals surface area contributed by atoms with Crippen LogP contribution in [0.2, 0.25) is 0 Å². The Hall–Kier alpha value is -2.50. The van der Waals surface area contributed by atoms with Gasteiger partial charge in [-0.3, -0.25) is 0 Å². The molecule has 0 bridgehead atoms. The Labute approximate surface area is 121 Å². The summed E-state index contributed by atoms with van der Waals surface area (Å²) in [6, 6.07) is 8.65. The minimum absolute atomic E-state index is 0.186. The van der Waals surface area contributed by atoms with Gasteiger partial charge in [0.2, 0.25) is 0 Å². The number of rotatable bonds is 5. The predicted molar refractivity (Wildman–Crippen MR) is 78.7 cm³/mol. The Kier molecular flexibility index (Phi) is 3.77. The Bertz CT molecular complexity index is 753. The third kappa shape index (κ3) is 3.16. The van der Waals surface area contributed by atoms with Crippen molar-refractivity contribution in [2.24, 2.45) is 0 Å². The molecule has 6 heteroatoms.